The first-order chi connectivity index (χ1) is 43.8. The van der Waals surface area contributed by atoms with Gasteiger partial charge in [0.1, 0.15) is 0 Å². The molecule has 0 aromatic heterocycles. The molecule has 91 heavy (non-hydrogen) atoms. The Hall–Kier alpha value is -9.35. The first kappa shape index (κ1) is 69.1. The van der Waals surface area contributed by atoms with Gasteiger partial charge in [0.25, 0.3) is 0 Å². The van der Waals surface area contributed by atoms with Crippen molar-refractivity contribution in [3.05, 3.63) is 386 Å². The van der Waals surface area contributed by atoms with Crippen LogP contribution in [0.25, 0.3) is 22.3 Å². The van der Waals surface area contributed by atoms with E-state index in [2.05, 4.69) is 194 Å². The van der Waals surface area contributed by atoms with Gasteiger partial charge in [-0.25, -0.2) is 0 Å². The standard InChI is InChI=1S/C35H30N2O2.2C18H15P.2C6H5.2Ni/c1-23-20-24(2)33(37-22-29-17-11-19-31(35(29)39)27-14-8-5-9-15-27)25(3)32(23)36-21-28-16-10-18-30(34(28)38)26-12-6-4-7-13-26;2*1-4-10-16(11-5-1)19(17-12-6-2-7-13-17)18-14-8-3-9-15-18;2*1-2-4-6-5-3-1;;/h4-22,38-39H,1-3H3;2*1-15H;2*1-5H;;/q;;;2*-1;2*+2/p-2. The molecule has 0 unspecified atom stereocenters. The molecule has 0 saturated heterocycles. The summed E-state index contributed by atoms with van der Waals surface area (Å²) in [7, 11) is -0.892. The van der Waals surface area contributed by atoms with E-state index in [1.54, 1.807) is 24.6 Å². The average Bonchev–Trinajstić information content (AvgIpc) is 1.65. The Bertz CT molecular complexity index is 3700. The first-order valence-electron chi connectivity index (χ1n) is 29.5. The molecule has 13 rings (SSSR count). The summed E-state index contributed by atoms with van der Waals surface area (Å²) in [6.45, 7) is 5.96. The van der Waals surface area contributed by atoms with Crippen molar-refractivity contribution in [3.63, 3.8) is 0 Å². The number of hydrogen-bond acceptors (Lipinski definition) is 4. The van der Waals surface area contributed by atoms with Crippen molar-refractivity contribution in [3.8, 4) is 33.8 Å². The van der Waals surface area contributed by atoms with E-state index in [0.29, 0.717) is 22.3 Å². The Labute approximate surface area is 560 Å². The number of aryl methyl sites for hydroxylation is 2. The van der Waals surface area contributed by atoms with Crippen LogP contribution in [0.2, 0.25) is 0 Å². The SMILES string of the molecule is Cc1cc(C)c(N=Cc2cccc(-c3ccccc3)c2[O-])c(C)c1N=Cc1cccc(-c2ccccc2)c1[O-].[Ni+2].[Ni+2].[c-]1ccccc1.[c-]1ccccc1.c1ccc(P(c2ccccc2)c2ccccc2)cc1.c1ccc(P(c2ccccc2)c2ccccc2)cc1. The van der Waals surface area contributed by atoms with Gasteiger partial charge in [-0.1, -0.05) is 297 Å². The molecule has 13 aromatic rings. The molecule has 0 aliphatic heterocycles. The molecular formula is C83H68N2Ni2O2P2. The zero-order chi connectivity index (χ0) is 61.7. The second-order valence-corrected chi connectivity index (χ2v) is 24.8. The topological polar surface area (TPSA) is 70.8 Å². The summed E-state index contributed by atoms with van der Waals surface area (Å²) in [4.78, 5) is 9.48. The molecule has 452 valence electrons. The summed E-state index contributed by atoms with van der Waals surface area (Å²) >= 11 is 0. The van der Waals surface area contributed by atoms with E-state index in [4.69, 9.17) is 9.98 Å². The van der Waals surface area contributed by atoms with Crippen molar-refractivity contribution in [2.24, 2.45) is 9.98 Å². The quantitative estimate of drug-likeness (QED) is 0.0529. The maximum absolute atomic E-state index is 13.2. The third-order valence-electron chi connectivity index (χ3n) is 14.1. The van der Waals surface area contributed by atoms with Crippen molar-refractivity contribution in [2.75, 3.05) is 0 Å². The molecule has 0 atom stereocenters. The van der Waals surface area contributed by atoms with Crippen LogP contribution in [-0.4, -0.2) is 12.4 Å². The van der Waals surface area contributed by atoms with Gasteiger partial charge in [-0.05, 0) is 113 Å². The van der Waals surface area contributed by atoms with E-state index in [0.717, 1.165) is 39.2 Å². The average molecular weight is 1300 g/mol. The van der Waals surface area contributed by atoms with Crippen molar-refractivity contribution in [2.45, 2.75) is 20.8 Å². The summed E-state index contributed by atoms with van der Waals surface area (Å²) < 4.78 is 0. The minimum atomic E-state index is -0.446. The Balaban J connectivity index is 0.000000188. The number of nitrogens with zero attached hydrogens (tertiary/aromatic N) is 2. The van der Waals surface area contributed by atoms with Crippen LogP contribution in [0, 0.1) is 32.9 Å². The number of hydrogen-bond donors (Lipinski definition) is 0. The first-order valence-corrected chi connectivity index (χ1v) is 32.1. The molecule has 0 amide bonds. The monoisotopic (exact) mass is 1300 g/mol. The molecule has 4 nitrogen and oxygen atoms in total. The van der Waals surface area contributed by atoms with Gasteiger partial charge in [0.05, 0.1) is 11.4 Å². The molecule has 0 N–H and O–H groups in total. The van der Waals surface area contributed by atoms with Crippen LogP contribution >= 0.6 is 15.8 Å². The van der Waals surface area contributed by atoms with Crippen molar-refractivity contribution >= 4 is 71.5 Å². The van der Waals surface area contributed by atoms with E-state index in [-0.39, 0.29) is 44.5 Å². The van der Waals surface area contributed by atoms with Crippen LogP contribution < -0.4 is 42.0 Å². The predicted molar refractivity (Wildman–Crippen MR) is 379 cm³/mol. The summed E-state index contributed by atoms with van der Waals surface area (Å²) in [6, 6.07) is 122. The molecule has 0 radical (unpaired) electrons. The second-order valence-electron chi connectivity index (χ2n) is 20.4. The normalized spacial score (nSPS) is 10.4. The molecule has 0 spiro atoms. The molecule has 0 heterocycles. The molecule has 0 bridgehead atoms. The van der Waals surface area contributed by atoms with Gasteiger partial charge in [-0.3, -0.25) is 9.98 Å². The van der Waals surface area contributed by atoms with Gasteiger partial charge >= 0.3 is 33.0 Å². The number of aliphatic imine (C=N–C) groups is 2. The van der Waals surface area contributed by atoms with Crippen LogP contribution in [0.1, 0.15) is 27.8 Å². The largest absolute Gasteiger partial charge is 2.00 e. The van der Waals surface area contributed by atoms with Crippen LogP contribution in [0.15, 0.2) is 356 Å². The smallest absolute Gasteiger partial charge is 0.872 e. The van der Waals surface area contributed by atoms with Gasteiger partial charge in [0.2, 0.25) is 0 Å². The second kappa shape index (κ2) is 37.6. The van der Waals surface area contributed by atoms with Crippen molar-refractivity contribution < 1.29 is 43.2 Å². The summed E-state index contributed by atoms with van der Waals surface area (Å²) in [5.74, 6) is -0.122. The van der Waals surface area contributed by atoms with Gasteiger partial charge in [-0.2, -0.15) is 72.8 Å². The minimum absolute atomic E-state index is 0. The zero-order valence-corrected chi connectivity index (χ0v) is 54.6. The van der Waals surface area contributed by atoms with E-state index in [1.807, 2.05) is 172 Å². The molecular weight excluding hydrogens is 1240 g/mol. The predicted octanol–water partition coefficient (Wildman–Crippen LogP) is 17.5. The van der Waals surface area contributed by atoms with Crippen LogP contribution in [0.5, 0.6) is 11.5 Å². The van der Waals surface area contributed by atoms with Gasteiger partial charge < -0.3 is 10.2 Å². The Morgan fingerprint density at radius 3 is 0.769 bits per heavy atom. The fourth-order valence-corrected chi connectivity index (χ4v) is 14.5. The molecule has 0 saturated carbocycles. The molecule has 8 heteroatoms. The summed E-state index contributed by atoms with van der Waals surface area (Å²) in [6.07, 6.45) is 3.26. The molecule has 0 aliphatic carbocycles. The van der Waals surface area contributed by atoms with E-state index >= 15 is 0 Å². The maximum Gasteiger partial charge on any atom is 2.00 e. The third-order valence-corrected chi connectivity index (χ3v) is 19.0. The number of benzene rings is 13. The van der Waals surface area contributed by atoms with Gasteiger partial charge in [-0.15, -0.1) is 0 Å². The fourth-order valence-electron chi connectivity index (χ4n) is 9.87. The van der Waals surface area contributed by atoms with Crippen LogP contribution in [0.3, 0.4) is 0 Å². The number of para-hydroxylation sites is 2. The Morgan fingerprint density at radius 2 is 0.538 bits per heavy atom. The van der Waals surface area contributed by atoms with Gasteiger partial charge in [0.15, 0.2) is 0 Å². The molecule has 0 aliphatic rings. The number of rotatable bonds is 12. The van der Waals surface area contributed by atoms with Crippen molar-refractivity contribution in [1.82, 2.24) is 0 Å². The molecule has 0 fully saturated rings. The molecule has 13 aromatic carbocycles. The van der Waals surface area contributed by atoms with Crippen LogP contribution in [-0.2, 0) is 33.0 Å². The van der Waals surface area contributed by atoms with Crippen molar-refractivity contribution in [1.29, 1.82) is 0 Å². The summed E-state index contributed by atoms with van der Waals surface area (Å²) in [5, 5.41) is 34.7. The van der Waals surface area contributed by atoms with E-state index in [9.17, 15) is 10.2 Å². The Kier molecular flexibility index (Phi) is 28.6. The van der Waals surface area contributed by atoms with Crippen LogP contribution in [0.4, 0.5) is 11.4 Å². The Morgan fingerprint density at radius 1 is 0.297 bits per heavy atom. The van der Waals surface area contributed by atoms with E-state index < -0.39 is 15.8 Å². The van der Waals surface area contributed by atoms with E-state index in [1.165, 1.54) is 31.8 Å². The third kappa shape index (κ3) is 20.3. The summed E-state index contributed by atoms with van der Waals surface area (Å²) in [5.41, 5.74) is 8.49. The van der Waals surface area contributed by atoms with Gasteiger partial charge in [0, 0.05) is 18.0 Å². The maximum atomic E-state index is 13.2. The minimum Gasteiger partial charge on any atom is -0.872 e. The zero-order valence-electron chi connectivity index (χ0n) is 50.8. The fraction of sp³-hybridized carbons (Fsp3) is 0.0361.